The van der Waals surface area contributed by atoms with E-state index in [4.69, 9.17) is 16.3 Å². The maximum absolute atomic E-state index is 6.04. The Bertz CT molecular complexity index is 629. The van der Waals surface area contributed by atoms with Crippen LogP contribution in [-0.4, -0.2) is 36.3 Å². The van der Waals surface area contributed by atoms with Gasteiger partial charge in [0.15, 0.2) is 0 Å². The van der Waals surface area contributed by atoms with Crippen molar-refractivity contribution in [3.63, 3.8) is 0 Å². The fourth-order valence-corrected chi connectivity index (χ4v) is 2.37. The highest BCUT2D eigenvalue weighted by atomic mass is 35.5. The number of benzene rings is 1. The number of hydrogen-bond donors (Lipinski definition) is 1. The summed E-state index contributed by atoms with van der Waals surface area (Å²) < 4.78 is 5.36. The van der Waals surface area contributed by atoms with Crippen LogP contribution in [0.25, 0.3) is 0 Å². The lowest BCUT2D eigenvalue weighted by Gasteiger charge is -2.27. The number of anilines is 3. The summed E-state index contributed by atoms with van der Waals surface area (Å²) in [7, 11) is 0. The first-order valence-corrected chi connectivity index (χ1v) is 7.28. The molecule has 2 aromatic rings. The Morgan fingerprint density at radius 3 is 2.76 bits per heavy atom. The fourth-order valence-electron chi connectivity index (χ4n) is 2.25. The van der Waals surface area contributed by atoms with Gasteiger partial charge in [-0.25, -0.2) is 9.97 Å². The van der Waals surface area contributed by atoms with Gasteiger partial charge >= 0.3 is 0 Å². The van der Waals surface area contributed by atoms with E-state index in [2.05, 4.69) is 20.2 Å². The molecule has 110 valence electrons. The van der Waals surface area contributed by atoms with Gasteiger partial charge in [0.2, 0.25) is 0 Å². The molecule has 1 aliphatic heterocycles. The van der Waals surface area contributed by atoms with Crippen LogP contribution in [0.15, 0.2) is 30.6 Å². The van der Waals surface area contributed by atoms with E-state index in [0.29, 0.717) is 0 Å². The average molecular weight is 305 g/mol. The van der Waals surface area contributed by atoms with Crippen LogP contribution >= 0.6 is 11.6 Å². The number of hydrogen-bond acceptors (Lipinski definition) is 5. The third kappa shape index (κ3) is 3.43. The van der Waals surface area contributed by atoms with Crippen LogP contribution in [0.2, 0.25) is 5.02 Å². The smallest absolute Gasteiger partial charge is 0.135 e. The summed E-state index contributed by atoms with van der Waals surface area (Å²) in [6.45, 7) is 5.17. The Morgan fingerprint density at radius 2 is 2.00 bits per heavy atom. The number of aromatic nitrogens is 2. The minimum atomic E-state index is 0.739. The van der Waals surface area contributed by atoms with Crippen molar-refractivity contribution in [3.8, 4) is 0 Å². The van der Waals surface area contributed by atoms with Crippen molar-refractivity contribution >= 4 is 28.9 Å². The zero-order chi connectivity index (χ0) is 14.7. The molecule has 0 amide bonds. The molecule has 0 unspecified atom stereocenters. The van der Waals surface area contributed by atoms with E-state index in [1.54, 1.807) is 6.33 Å². The SMILES string of the molecule is Cc1cc(Nc2cc(N3CCOCC3)ncn2)ccc1Cl. The fraction of sp³-hybridized carbons (Fsp3) is 0.333. The van der Waals surface area contributed by atoms with Crippen LogP contribution in [0.4, 0.5) is 17.3 Å². The lowest BCUT2D eigenvalue weighted by molar-refractivity contribution is 0.122. The lowest BCUT2D eigenvalue weighted by Crippen LogP contribution is -2.36. The Kier molecular flexibility index (Phi) is 4.22. The van der Waals surface area contributed by atoms with Crippen molar-refractivity contribution in [2.45, 2.75) is 6.92 Å². The van der Waals surface area contributed by atoms with Gasteiger partial charge in [-0.15, -0.1) is 0 Å². The zero-order valence-electron chi connectivity index (χ0n) is 11.8. The minimum Gasteiger partial charge on any atom is -0.378 e. The van der Waals surface area contributed by atoms with Crippen molar-refractivity contribution in [2.75, 3.05) is 36.5 Å². The third-order valence-electron chi connectivity index (χ3n) is 3.42. The van der Waals surface area contributed by atoms with Gasteiger partial charge in [0.05, 0.1) is 13.2 Å². The van der Waals surface area contributed by atoms with Crippen molar-refractivity contribution in [1.29, 1.82) is 0 Å². The summed E-state index contributed by atoms with van der Waals surface area (Å²) in [5.74, 6) is 1.69. The summed E-state index contributed by atoms with van der Waals surface area (Å²) in [6.07, 6.45) is 1.58. The second-order valence-electron chi connectivity index (χ2n) is 4.95. The number of rotatable bonds is 3. The van der Waals surface area contributed by atoms with Gasteiger partial charge in [-0.2, -0.15) is 0 Å². The molecule has 0 atom stereocenters. The molecular weight excluding hydrogens is 288 g/mol. The summed E-state index contributed by atoms with van der Waals surface area (Å²) in [4.78, 5) is 10.8. The van der Waals surface area contributed by atoms with Crippen LogP contribution in [0, 0.1) is 6.92 Å². The topological polar surface area (TPSA) is 50.3 Å². The van der Waals surface area contributed by atoms with Gasteiger partial charge in [0, 0.05) is 29.9 Å². The van der Waals surface area contributed by atoms with Gasteiger partial charge in [-0.1, -0.05) is 11.6 Å². The van der Waals surface area contributed by atoms with Crippen LogP contribution in [0.1, 0.15) is 5.56 Å². The van der Waals surface area contributed by atoms with E-state index < -0.39 is 0 Å². The van der Waals surface area contributed by atoms with E-state index >= 15 is 0 Å². The van der Waals surface area contributed by atoms with E-state index in [0.717, 1.165) is 54.2 Å². The summed E-state index contributed by atoms with van der Waals surface area (Å²) in [6, 6.07) is 7.77. The van der Waals surface area contributed by atoms with Gasteiger partial charge < -0.3 is 15.0 Å². The quantitative estimate of drug-likeness (QED) is 0.944. The molecular formula is C15H17ClN4O. The van der Waals surface area contributed by atoms with Crippen LogP contribution in [0.5, 0.6) is 0 Å². The number of nitrogens with zero attached hydrogens (tertiary/aromatic N) is 3. The molecule has 21 heavy (non-hydrogen) atoms. The van der Waals surface area contributed by atoms with E-state index in [1.807, 2.05) is 31.2 Å². The molecule has 6 heteroatoms. The van der Waals surface area contributed by atoms with Crippen LogP contribution in [0.3, 0.4) is 0 Å². The molecule has 0 aliphatic carbocycles. The van der Waals surface area contributed by atoms with Crippen LogP contribution in [-0.2, 0) is 4.74 Å². The molecule has 1 saturated heterocycles. The predicted molar refractivity (Wildman–Crippen MR) is 84.5 cm³/mol. The van der Waals surface area contributed by atoms with E-state index in [-0.39, 0.29) is 0 Å². The first-order valence-electron chi connectivity index (χ1n) is 6.90. The highest BCUT2D eigenvalue weighted by Gasteiger charge is 2.13. The van der Waals surface area contributed by atoms with Crippen molar-refractivity contribution in [2.24, 2.45) is 0 Å². The van der Waals surface area contributed by atoms with Crippen molar-refractivity contribution in [3.05, 3.63) is 41.2 Å². The third-order valence-corrected chi connectivity index (χ3v) is 3.84. The molecule has 1 aromatic heterocycles. The standard InChI is InChI=1S/C15H17ClN4O/c1-11-8-12(2-3-13(11)16)19-14-9-15(18-10-17-14)20-4-6-21-7-5-20/h2-3,8-10H,4-7H2,1H3,(H,17,18,19). The van der Waals surface area contributed by atoms with E-state index in [9.17, 15) is 0 Å². The van der Waals surface area contributed by atoms with E-state index in [1.165, 1.54) is 0 Å². The number of halogens is 1. The normalized spacial score (nSPS) is 15.0. The molecule has 1 aliphatic rings. The van der Waals surface area contributed by atoms with Gasteiger partial charge in [-0.05, 0) is 30.7 Å². The highest BCUT2D eigenvalue weighted by Crippen LogP contribution is 2.23. The first kappa shape index (κ1) is 14.1. The van der Waals surface area contributed by atoms with Crippen molar-refractivity contribution in [1.82, 2.24) is 9.97 Å². The lowest BCUT2D eigenvalue weighted by atomic mass is 10.2. The van der Waals surface area contributed by atoms with Crippen molar-refractivity contribution < 1.29 is 4.74 Å². The predicted octanol–water partition coefficient (Wildman–Crippen LogP) is 3.02. The Balaban J connectivity index is 1.77. The molecule has 2 heterocycles. The molecule has 0 saturated carbocycles. The molecule has 0 radical (unpaired) electrons. The monoisotopic (exact) mass is 304 g/mol. The van der Waals surface area contributed by atoms with Crippen LogP contribution < -0.4 is 10.2 Å². The van der Waals surface area contributed by atoms with Gasteiger partial charge in [-0.3, -0.25) is 0 Å². The molecule has 5 nitrogen and oxygen atoms in total. The number of nitrogens with one attached hydrogen (secondary N) is 1. The summed E-state index contributed by atoms with van der Waals surface area (Å²) in [5, 5.41) is 4.05. The molecule has 1 aromatic carbocycles. The number of ether oxygens (including phenoxy) is 1. The molecule has 1 fully saturated rings. The Morgan fingerprint density at radius 1 is 1.19 bits per heavy atom. The second-order valence-corrected chi connectivity index (χ2v) is 5.36. The maximum Gasteiger partial charge on any atom is 0.135 e. The van der Waals surface area contributed by atoms with Gasteiger partial charge in [0.25, 0.3) is 0 Å². The number of aryl methyl sites for hydroxylation is 1. The summed E-state index contributed by atoms with van der Waals surface area (Å²) in [5.41, 5.74) is 1.99. The maximum atomic E-state index is 6.04. The minimum absolute atomic E-state index is 0.739. The first-order chi connectivity index (χ1) is 10.2. The molecule has 0 spiro atoms. The highest BCUT2D eigenvalue weighted by molar-refractivity contribution is 6.31. The molecule has 3 rings (SSSR count). The number of morpholine rings is 1. The largest absolute Gasteiger partial charge is 0.378 e. The zero-order valence-corrected chi connectivity index (χ0v) is 12.6. The second kappa shape index (κ2) is 6.28. The Labute approximate surface area is 128 Å². The molecule has 1 N–H and O–H groups in total. The van der Waals surface area contributed by atoms with Gasteiger partial charge in [0.1, 0.15) is 18.0 Å². The molecule has 0 bridgehead atoms. The average Bonchev–Trinajstić information content (AvgIpc) is 2.52. The summed E-state index contributed by atoms with van der Waals surface area (Å²) >= 11 is 6.04. The Hall–Kier alpha value is -1.85.